The Kier molecular flexibility index (Phi) is 5.44. The Balaban J connectivity index is 1.23. The van der Waals surface area contributed by atoms with Gasteiger partial charge in [0.05, 0.1) is 12.5 Å². The van der Waals surface area contributed by atoms with Gasteiger partial charge in [-0.25, -0.2) is 4.39 Å². The Morgan fingerprint density at radius 2 is 1.90 bits per heavy atom. The van der Waals surface area contributed by atoms with Gasteiger partial charge in [0.15, 0.2) is 0 Å². The molecule has 0 radical (unpaired) electrons. The van der Waals surface area contributed by atoms with Gasteiger partial charge in [0.25, 0.3) is 0 Å². The number of hydrogen-bond donors (Lipinski definition) is 2. The van der Waals surface area contributed by atoms with Crippen molar-refractivity contribution in [2.75, 3.05) is 43.5 Å². The second-order valence-electron chi connectivity index (χ2n) is 8.38. The molecule has 3 aliphatic rings. The summed E-state index contributed by atoms with van der Waals surface area (Å²) in [6.07, 6.45) is 0.848. The molecule has 4 unspecified atom stereocenters. The lowest BCUT2D eigenvalue weighted by atomic mass is 9.87. The van der Waals surface area contributed by atoms with Crippen LogP contribution in [0.4, 0.5) is 15.8 Å². The molecule has 4 atom stereocenters. The topological polar surface area (TPSA) is 70.8 Å². The maximum atomic E-state index is 13.3. The van der Waals surface area contributed by atoms with Crippen LogP contribution in [0.2, 0.25) is 0 Å². The number of anilines is 2. The van der Waals surface area contributed by atoms with Gasteiger partial charge in [-0.05, 0) is 54.4 Å². The highest BCUT2D eigenvalue weighted by Crippen LogP contribution is 2.45. The summed E-state index contributed by atoms with van der Waals surface area (Å²) in [6, 6.07) is 12.4. The third kappa shape index (κ3) is 3.83. The predicted octanol–water partition coefficient (Wildman–Crippen LogP) is 2.54. The van der Waals surface area contributed by atoms with Crippen LogP contribution >= 0.6 is 11.8 Å². The molecule has 0 bridgehead atoms. The lowest BCUT2D eigenvalue weighted by Gasteiger charge is -2.37. The minimum absolute atomic E-state index is 0.133. The van der Waals surface area contributed by atoms with Gasteiger partial charge in [0.2, 0.25) is 5.91 Å². The zero-order valence-electron chi connectivity index (χ0n) is 17.5. The number of nitrogens with two attached hydrogens (primary N) is 1. The molecule has 0 aromatic heterocycles. The maximum absolute atomic E-state index is 13.3. The summed E-state index contributed by atoms with van der Waals surface area (Å²) in [5.74, 6) is 0.943. The number of methoxy groups -OCH3 is 1. The average molecular weight is 443 g/mol. The van der Waals surface area contributed by atoms with Gasteiger partial charge in [-0.2, -0.15) is 0 Å². The van der Waals surface area contributed by atoms with E-state index in [2.05, 4.69) is 16.3 Å². The molecule has 0 aliphatic carbocycles. The van der Waals surface area contributed by atoms with Crippen LogP contribution in [0.25, 0.3) is 0 Å². The summed E-state index contributed by atoms with van der Waals surface area (Å²) in [5, 5.41) is 3.48. The van der Waals surface area contributed by atoms with Crippen LogP contribution in [0.3, 0.4) is 0 Å². The molecule has 164 valence electrons. The van der Waals surface area contributed by atoms with E-state index >= 15 is 0 Å². The van der Waals surface area contributed by atoms with E-state index in [1.807, 2.05) is 17.0 Å². The molecule has 2 aromatic rings. The molecule has 3 N–H and O–H groups in total. The van der Waals surface area contributed by atoms with Crippen molar-refractivity contribution in [3.63, 3.8) is 0 Å². The number of nitrogens with zero attached hydrogens (tertiary/aromatic N) is 2. The first kappa shape index (κ1) is 20.5. The Morgan fingerprint density at radius 3 is 2.61 bits per heavy atom. The normalized spacial score (nSPS) is 27.3. The van der Waals surface area contributed by atoms with Crippen molar-refractivity contribution in [1.82, 2.24) is 4.90 Å². The summed E-state index contributed by atoms with van der Waals surface area (Å²) in [6.45, 7) is 2.78. The number of halogens is 1. The number of fused-ring (bicyclic) bond motifs is 2. The molecular formula is C23H27FN4O2S. The van der Waals surface area contributed by atoms with E-state index in [4.69, 9.17) is 10.5 Å². The molecule has 2 aromatic carbocycles. The zero-order chi connectivity index (χ0) is 21.5. The fourth-order valence-electron chi connectivity index (χ4n) is 4.81. The van der Waals surface area contributed by atoms with E-state index in [0.717, 1.165) is 36.6 Å². The largest absolute Gasteiger partial charge is 0.497 e. The molecule has 2 fully saturated rings. The van der Waals surface area contributed by atoms with Crippen LogP contribution in [-0.2, 0) is 11.2 Å². The van der Waals surface area contributed by atoms with Crippen molar-refractivity contribution < 1.29 is 13.9 Å². The first-order valence-electron chi connectivity index (χ1n) is 10.7. The van der Waals surface area contributed by atoms with Gasteiger partial charge in [0.1, 0.15) is 16.8 Å². The lowest BCUT2D eigenvalue weighted by Crippen LogP contribution is -2.54. The Labute approximate surface area is 185 Å². The number of thioether (sulfide) groups is 1. The summed E-state index contributed by atoms with van der Waals surface area (Å²) < 4.78 is 18.5. The number of benzene rings is 2. The van der Waals surface area contributed by atoms with Crippen LogP contribution in [0.5, 0.6) is 5.75 Å². The molecule has 0 saturated carbocycles. The Bertz CT molecular complexity index is 965. The first-order chi connectivity index (χ1) is 15.0. The van der Waals surface area contributed by atoms with Gasteiger partial charge in [-0.1, -0.05) is 0 Å². The minimum Gasteiger partial charge on any atom is -0.497 e. The van der Waals surface area contributed by atoms with Crippen LogP contribution in [-0.4, -0.2) is 60.8 Å². The SMILES string of the molecule is COc1ccc2c(c1)CC1C(N2)SC(C(=O)N2CCN(c3ccc(F)cc3)CC2)C1N. The fourth-order valence-corrected chi connectivity index (χ4v) is 6.45. The highest BCUT2D eigenvalue weighted by atomic mass is 32.2. The quantitative estimate of drug-likeness (QED) is 0.761. The lowest BCUT2D eigenvalue weighted by molar-refractivity contribution is -0.131. The number of carbonyl (C=O) groups excluding carboxylic acids is 1. The summed E-state index contributed by atoms with van der Waals surface area (Å²) >= 11 is 1.66. The maximum Gasteiger partial charge on any atom is 0.237 e. The highest BCUT2D eigenvalue weighted by molar-refractivity contribution is 8.01. The number of amides is 1. The van der Waals surface area contributed by atoms with Gasteiger partial charge in [-0.15, -0.1) is 11.8 Å². The number of rotatable bonds is 3. The molecular weight excluding hydrogens is 415 g/mol. The van der Waals surface area contributed by atoms with Gasteiger partial charge in [0, 0.05) is 49.5 Å². The monoisotopic (exact) mass is 442 g/mol. The minimum atomic E-state index is -0.240. The van der Waals surface area contributed by atoms with Crippen molar-refractivity contribution in [3.8, 4) is 5.75 Å². The van der Waals surface area contributed by atoms with Crippen LogP contribution in [0.15, 0.2) is 42.5 Å². The van der Waals surface area contributed by atoms with E-state index in [9.17, 15) is 9.18 Å². The third-order valence-electron chi connectivity index (χ3n) is 6.62. The molecule has 31 heavy (non-hydrogen) atoms. The number of nitrogens with one attached hydrogen (secondary N) is 1. The first-order valence-corrected chi connectivity index (χ1v) is 11.6. The van der Waals surface area contributed by atoms with E-state index in [0.29, 0.717) is 13.1 Å². The molecule has 3 heterocycles. The molecule has 8 heteroatoms. The number of piperazine rings is 1. The summed E-state index contributed by atoms with van der Waals surface area (Å²) in [5.41, 5.74) is 9.90. The Hall–Kier alpha value is -2.45. The predicted molar refractivity (Wildman–Crippen MR) is 122 cm³/mol. The number of ether oxygens (including phenoxy) is 1. The second kappa shape index (κ2) is 8.24. The van der Waals surface area contributed by atoms with Crippen LogP contribution in [0.1, 0.15) is 5.56 Å². The van der Waals surface area contributed by atoms with Crippen molar-refractivity contribution in [2.45, 2.75) is 23.1 Å². The van der Waals surface area contributed by atoms with Crippen molar-refractivity contribution in [2.24, 2.45) is 11.7 Å². The molecule has 6 nitrogen and oxygen atoms in total. The third-order valence-corrected chi connectivity index (χ3v) is 8.19. The highest BCUT2D eigenvalue weighted by Gasteiger charge is 2.48. The van der Waals surface area contributed by atoms with Crippen molar-refractivity contribution in [3.05, 3.63) is 53.8 Å². The van der Waals surface area contributed by atoms with E-state index in [1.54, 1.807) is 31.0 Å². The average Bonchev–Trinajstić information content (AvgIpc) is 3.12. The standard InChI is InChI=1S/C23H27FN4O2S/c1-30-17-6-7-19-14(12-17)13-18-20(25)21(31-22(18)26-19)23(29)28-10-8-27(9-11-28)16-4-2-15(24)3-5-16/h2-7,12,18,20-22,26H,8-11,13,25H2,1H3. The van der Waals surface area contributed by atoms with Gasteiger partial charge in [-0.3, -0.25) is 4.79 Å². The van der Waals surface area contributed by atoms with Crippen LogP contribution < -0.4 is 20.7 Å². The van der Waals surface area contributed by atoms with Gasteiger partial charge < -0.3 is 25.6 Å². The molecule has 2 saturated heterocycles. The van der Waals surface area contributed by atoms with E-state index in [-0.39, 0.29) is 34.3 Å². The molecule has 0 spiro atoms. The number of hydrogen-bond acceptors (Lipinski definition) is 6. The van der Waals surface area contributed by atoms with Gasteiger partial charge >= 0.3 is 0 Å². The summed E-state index contributed by atoms with van der Waals surface area (Å²) in [7, 11) is 1.67. The molecule has 5 rings (SSSR count). The zero-order valence-corrected chi connectivity index (χ0v) is 18.3. The van der Waals surface area contributed by atoms with Crippen molar-refractivity contribution in [1.29, 1.82) is 0 Å². The van der Waals surface area contributed by atoms with E-state index < -0.39 is 0 Å². The van der Waals surface area contributed by atoms with E-state index in [1.165, 1.54) is 17.7 Å². The van der Waals surface area contributed by atoms with Crippen LogP contribution in [0, 0.1) is 11.7 Å². The number of carbonyl (C=O) groups is 1. The fraction of sp³-hybridized carbons (Fsp3) is 0.435. The Morgan fingerprint density at radius 1 is 1.16 bits per heavy atom. The molecule has 1 amide bonds. The smallest absolute Gasteiger partial charge is 0.237 e. The van der Waals surface area contributed by atoms with Crippen molar-refractivity contribution >= 4 is 29.0 Å². The second-order valence-corrected chi connectivity index (χ2v) is 9.67. The summed E-state index contributed by atoms with van der Waals surface area (Å²) in [4.78, 5) is 17.5. The molecule has 3 aliphatic heterocycles.